The number of aliphatic hydroxyl groups excluding tert-OH is 1. The van der Waals surface area contributed by atoms with Gasteiger partial charge in [0.1, 0.15) is 5.69 Å². The van der Waals surface area contributed by atoms with Crippen LogP contribution in [0.15, 0.2) is 6.07 Å². The third kappa shape index (κ3) is 3.20. The molecule has 0 saturated carbocycles. The van der Waals surface area contributed by atoms with Crippen LogP contribution in [0.1, 0.15) is 63.1 Å². The molecule has 0 bridgehead atoms. The summed E-state index contributed by atoms with van der Waals surface area (Å²) in [5, 5.41) is 16.7. The van der Waals surface area contributed by atoms with E-state index in [9.17, 15) is 9.90 Å². The number of aliphatic hydroxyl groups is 1. The van der Waals surface area contributed by atoms with Crippen molar-refractivity contribution in [3.63, 3.8) is 0 Å². The second kappa shape index (κ2) is 5.56. The molecule has 1 aliphatic rings. The molecule has 1 aromatic rings. The molecular formula is C15H25N3O2. The number of hydrogen-bond donors (Lipinski definition) is 2. The Morgan fingerprint density at radius 3 is 2.85 bits per heavy atom. The molecule has 0 spiro atoms. The Morgan fingerprint density at radius 2 is 2.30 bits per heavy atom. The van der Waals surface area contributed by atoms with Gasteiger partial charge in [-0.3, -0.25) is 9.89 Å². The fourth-order valence-electron chi connectivity index (χ4n) is 2.70. The Hall–Kier alpha value is -1.36. The van der Waals surface area contributed by atoms with Gasteiger partial charge in [0.15, 0.2) is 0 Å². The monoisotopic (exact) mass is 279 g/mol. The number of aromatic amines is 1. The van der Waals surface area contributed by atoms with Crippen LogP contribution >= 0.6 is 0 Å². The summed E-state index contributed by atoms with van der Waals surface area (Å²) < 4.78 is 0. The van der Waals surface area contributed by atoms with Crippen molar-refractivity contribution >= 4 is 5.91 Å². The maximum absolute atomic E-state index is 12.5. The molecule has 2 unspecified atom stereocenters. The van der Waals surface area contributed by atoms with Crippen molar-refractivity contribution in [3.05, 3.63) is 17.5 Å². The van der Waals surface area contributed by atoms with E-state index >= 15 is 0 Å². The Kier molecular flexibility index (Phi) is 4.18. The Labute approximate surface area is 120 Å². The summed E-state index contributed by atoms with van der Waals surface area (Å²) in [6.07, 6.45) is 2.23. The number of likely N-dealkylation sites (tertiary alicyclic amines) is 1. The minimum absolute atomic E-state index is 0.0279. The predicted molar refractivity (Wildman–Crippen MR) is 77.6 cm³/mol. The van der Waals surface area contributed by atoms with E-state index in [-0.39, 0.29) is 23.5 Å². The number of carbonyl (C=O) groups excluding carboxylic acids is 1. The van der Waals surface area contributed by atoms with E-state index < -0.39 is 0 Å². The van der Waals surface area contributed by atoms with Gasteiger partial charge in [0.2, 0.25) is 0 Å². The molecular weight excluding hydrogens is 254 g/mol. The van der Waals surface area contributed by atoms with Crippen molar-refractivity contribution in [2.75, 3.05) is 6.54 Å². The molecule has 1 amide bonds. The van der Waals surface area contributed by atoms with E-state index in [0.29, 0.717) is 12.1 Å². The number of H-pyrrole nitrogens is 1. The standard InChI is InChI=1S/C15H25N3O2/c1-10(19)8-11-6-5-7-18(11)14(20)12-9-13(17-16-12)15(2,3)4/h9-11,19H,5-8H2,1-4H3,(H,16,17). The number of nitrogens with one attached hydrogen (secondary N) is 1. The van der Waals surface area contributed by atoms with E-state index in [1.807, 2.05) is 11.0 Å². The number of nitrogens with zero attached hydrogens (tertiary/aromatic N) is 2. The maximum Gasteiger partial charge on any atom is 0.274 e. The van der Waals surface area contributed by atoms with Gasteiger partial charge in [0, 0.05) is 23.7 Å². The molecule has 2 rings (SSSR count). The first kappa shape index (κ1) is 15.0. The summed E-state index contributed by atoms with van der Waals surface area (Å²) >= 11 is 0. The SMILES string of the molecule is CC(O)CC1CCCN1C(=O)c1cc(C(C)(C)C)[nH]n1. The normalized spacial score (nSPS) is 21.2. The van der Waals surface area contributed by atoms with Crippen LogP contribution in [-0.4, -0.2) is 44.8 Å². The lowest BCUT2D eigenvalue weighted by atomic mass is 9.92. The summed E-state index contributed by atoms with van der Waals surface area (Å²) in [5.41, 5.74) is 1.40. The molecule has 2 N–H and O–H groups in total. The Balaban J connectivity index is 2.12. The second-order valence-electron chi connectivity index (χ2n) is 6.80. The summed E-state index contributed by atoms with van der Waals surface area (Å²) in [4.78, 5) is 14.4. The van der Waals surface area contributed by atoms with E-state index in [0.717, 1.165) is 25.1 Å². The lowest BCUT2D eigenvalue weighted by Gasteiger charge is -2.24. The van der Waals surface area contributed by atoms with E-state index in [1.54, 1.807) is 6.92 Å². The van der Waals surface area contributed by atoms with E-state index in [2.05, 4.69) is 31.0 Å². The minimum atomic E-state index is -0.377. The lowest BCUT2D eigenvalue weighted by Crippen LogP contribution is -2.37. The third-order valence-electron chi connectivity index (χ3n) is 3.86. The lowest BCUT2D eigenvalue weighted by molar-refractivity contribution is 0.0676. The minimum Gasteiger partial charge on any atom is -0.393 e. The highest BCUT2D eigenvalue weighted by atomic mass is 16.3. The Morgan fingerprint density at radius 1 is 1.60 bits per heavy atom. The summed E-state index contributed by atoms with van der Waals surface area (Å²) in [6.45, 7) is 8.78. The third-order valence-corrected chi connectivity index (χ3v) is 3.86. The smallest absolute Gasteiger partial charge is 0.274 e. The number of carbonyl (C=O) groups is 1. The highest BCUT2D eigenvalue weighted by molar-refractivity contribution is 5.92. The molecule has 112 valence electrons. The average Bonchev–Trinajstić information content (AvgIpc) is 2.94. The van der Waals surface area contributed by atoms with Gasteiger partial charge < -0.3 is 10.0 Å². The van der Waals surface area contributed by atoms with Gasteiger partial charge in [-0.2, -0.15) is 5.10 Å². The van der Waals surface area contributed by atoms with Crippen molar-refractivity contribution in [3.8, 4) is 0 Å². The quantitative estimate of drug-likeness (QED) is 0.890. The predicted octanol–water partition coefficient (Wildman–Crippen LogP) is 2.08. The molecule has 0 radical (unpaired) electrons. The van der Waals surface area contributed by atoms with Crippen LogP contribution in [0.3, 0.4) is 0 Å². The summed E-state index contributed by atoms with van der Waals surface area (Å²) in [5.74, 6) is -0.0279. The zero-order valence-electron chi connectivity index (χ0n) is 12.8. The zero-order valence-corrected chi connectivity index (χ0v) is 12.8. The molecule has 5 heteroatoms. The number of hydrogen-bond acceptors (Lipinski definition) is 3. The maximum atomic E-state index is 12.5. The Bertz CT molecular complexity index is 474. The van der Waals surface area contributed by atoms with Crippen LogP contribution < -0.4 is 0 Å². The van der Waals surface area contributed by atoms with Gasteiger partial charge in [0.25, 0.3) is 5.91 Å². The van der Waals surface area contributed by atoms with Gasteiger partial charge in [-0.25, -0.2) is 0 Å². The van der Waals surface area contributed by atoms with Crippen molar-refractivity contribution < 1.29 is 9.90 Å². The van der Waals surface area contributed by atoms with Crippen LogP contribution in [0.25, 0.3) is 0 Å². The highest BCUT2D eigenvalue weighted by Gasteiger charge is 2.31. The first-order chi connectivity index (χ1) is 9.29. The summed E-state index contributed by atoms with van der Waals surface area (Å²) in [6, 6.07) is 1.98. The number of rotatable bonds is 3. The molecule has 5 nitrogen and oxygen atoms in total. The molecule has 1 aliphatic heterocycles. The first-order valence-electron chi connectivity index (χ1n) is 7.34. The zero-order chi connectivity index (χ0) is 14.9. The molecule has 1 aromatic heterocycles. The molecule has 1 fully saturated rings. The fourth-order valence-corrected chi connectivity index (χ4v) is 2.70. The van der Waals surface area contributed by atoms with Gasteiger partial charge in [0.05, 0.1) is 6.10 Å². The van der Waals surface area contributed by atoms with Crippen LogP contribution in [0.5, 0.6) is 0 Å². The van der Waals surface area contributed by atoms with E-state index in [1.165, 1.54) is 0 Å². The number of amides is 1. The van der Waals surface area contributed by atoms with Crippen LogP contribution in [-0.2, 0) is 5.41 Å². The average molecular weight is 279 g/mol. The molecule has 1 saturated heterocycles. The largest absolute Gasteiger partial charge is 0.393 e. The molecule has 2 heterocycles. The summed E-state index contributed by atoms with van der Waals surface area (Å²) in [7, 11) is 0. The van der Waals surface area contributed by atoms with Gasteiger partial charge in [-0.05, 0) is 32.3 Å². The molecule has 0 aromatic carbocycles. The van der Waals surface area contributed by atoms with Crippen molar-refractivity contribution in [2.45, 2.75) is 64.5 Å². The molecule has 2 atom stereocenters. The van der Waals surface area contributed by atoms with Crippen LogP contribution in [0.2, 0.25) is 0 Å². The van der Waals surface area contributed by atoms with Crippen molar-refractivity contribution in [1.29, 1.82) is 0 Å². The molecule has 20 heavy (non-hydrogen) atoms. The van der Waals surface area contributed by atoms with E-state index in [4.69, 9.17) is 0 Å². The van der Waals surface area contributed by atoms with Crippen molar-refractivity contribution in [1.82, 2.24) is 15.1 Å². The number of aromatic nitrogens is 2. The van der Waals surface area contributed by atoms with Gasteiger partial charge >= 0.3 is 0 Å². The van der Waals surface area contributed by atoms with Gasteiger partial charge in [-0.15, -0.1) is 0 Å². The van der Waals surface area contributed by atoms with Crippen LogP contribution in [0, 0.1) is 0 Å². The highest BCUT2D eigenvalue weighted by Crippen LogP contribution is 2.25. The van der Waals surface area contributed by atoms with Crippen LogP contribution in [0.4, 0.5) is 0 Å². The molecule has 0 aliphatic carbocycles. The second-order valence-corrected chi connectivity index (χ2v) is 6.80. The van der Waals surface area contributed by atoms with Gasteiger partial charge in [-0.1, -0.05) is 20.8 Å². The fraction of sp³-hybridized carbons (Fsp3) is 0.733. The van der Waals surface area contributed by atoms with Crippen molar-refractivity contribution in [2.24, 2.45) is 0 Å². The first-order valence-corrected chi connectivity index (χ1v) is 7.34. The topological polar surface area (TPSA) is 69.2 Å².